The number of rotatable bonds is 5. The minimum Gasteiger partial charge on any atom is -0.291 e. The lowest BCUT2D eigenvalue weighted by atomic mass is 9.75. The molecule has 5 heteroatoms. The van der Waals surface area contributed by atoms with Crippen LogP contribution >= 0.6 is 0 Å². The molecular weight excluding hydrogens is 310 g/mol. The van der Waals surface area contributed by atoms with Gasteiger partial charge in [-0.1, -0.05) is 38.5 Å². The van der Waals surface area contributed by atoms with Crippen molar-refractivity contribution in [3.05, 3.63) is 35.2 Å². The van der Waals surface area contributed by atoms with Crippen LogP contribution in [0.25, 0.3) is 5.69 Å². The van der Waals surface area contributed by atoms with Gasteiger partial charge in [-0.3, -0.25) is 4.90 Å². The van der Waals surface area contributed by atoms with Gasteiger partial charge in [0.15, 0.2) is 5.82 Å². The van der Waals surface area contributed by atoms with E-state index in [1.807, 2.05) is 4.68 Å². The average Bonchev–Trinajstić information content (AvgIpc) is 3.08. The molecule has 0 saturated heterocycles. The average molecular weight is 342 g/mol. The number of nitrogens with zero attached hydrogens (tertiary/aromatic N) is 5. The lowest BCUT2D eigenvalue weighted by Crippen LogP contribution is -2.50. The molecule has 0 aliphatic heterocycles. The molecule has 5 nitrogen and oxygen atoms in total. The summed E-state index contributed by atoms with van der Waals surface area (Å²) in [5.74, 6) is 1.80. The molecule has 1 aromatic carbocycles. The summed E-state index contributed by atoms with van der Waals surface area (Å²) in [6, 6.07) is 6.49. The first kappa shape index (κ1) is 18.1. The Balaban J connectivity index is 2.11. The third-order valence-corrected chi connectivity index (χ3v) is 5.94. The van der Waals surface area contributed by atoms with E-state index in [9.17, 15) is 0 Å². The van der Waals surface area contributed by atoms with Gasteiger partial charge >= 0.3 is 0 Å². The summed E-state index contributed by atoms with van der Waals surface area (Å²) in [4.78, 5) is 2.56. The van der Waals surface area contributed by atoms with Crippen LogP contribution in [-0.4, -0.2) is 38.2 Å². The second-order valence-electron chi connectivity index (χ2n) is 7.59. The first-order chi connectivity index (χ1) is 12.0. The van der Waals surface area contributed by atoms with Gasteiger partial charge in [-0.25, -0.2) is 0 Å². The molecule has 0 atom stereocenters. The second-order valence-corrected chi connectivity index (χ2v) is 7.59. The molecule has 1 heterocycles. The lowest BCUT2D eigenvalue weighted by Gasteiger charge is -2.46. The molecule has 0 unspecified atom stereocenters. The minimum absolute atomic E-state index is 0.0587. The number of tetrazole rings is 1. The zero-order valence-corrected chi connectivity index (χ0v) is 16.3. The fraction of sp³-hybridized carbons (Fsp3) is 0.650. The second kappa shape index (κ2) is 7.24. The Morgan fingerprint density at radius 1 is 1.16 bits per heavy atom. The first-order valence-electron chi connectivity index (χ1n) is 9.63. The number of aromatic nitrogens is 4. The Hall–Kier alpha value is -1.75. The number of benzene rings is 1. The zero-order valence-electron chi connectivity index (χ0n) is 16.3. The van der Waals surface area contributed by atoms with E-state index in [4.69, 9.17) is 0 Å². The molecule has 0 spiro atoms. The lowest BCUT2D eigenvalue weighted by molar-refractivity contribution is 0.0336. The molecule has 2 aromatic rings. The maximum Gasteiger partial charge on any atom is 0.176 e. The van der Waals surface area contributed by atoms with E-state index in [-0.39, 0.29) is 5.54 Å². The van der Waals surface area contributed by atoms with Gasteiger partial charge in [0.1, 0.15) is 0 Å². The Morgan fingerprint density at radius 3 is 2.44 bits per heavy atom. The summed E-state index contributed by atoms with van der Waals surface area (Å²) < 4.78 is 1.99. The maximum absolute atomic E-state index is 4.55. The molecule has 1 aromatic heterocycles. The monoisotopic (exact) mass is 341 g/mol. The quantitative estimate of drug-likeness (QED) is 0.824. The van der Waals surface area contributed by atoms with E-state index in [0.717, 1.165) is 43.4 Å². The summed E-state index contributed by atoms with van der Waals surface area (Å²) in [5, 5.41) is 13.0. The molecule has 0 N–H and O–H groups in total. The van der Waals surface area contributed by atoms with E-state index >= 15 is 0 Å². The van der Waals surface area contributed by atoms with E-state index < -0.39 is 0 Å². The fourth-order valence-electron chi connectivity index (χ4n) is 4.43. The van der Waals surface area contributed by atoms with Crippen LogP contribution in [0.2, 0.25) is 0 Å². The van der Waals surface area contributed by atoms with E-state index in [2.05, 4.69) is 73.2 Å². The highest BCUT2D eigenvalue weighted by Gasteiger charge is 2.44. The van der Waals surface area contributed by atoms with Crippen molar-refractivity contribution in [2.24, 2.45) is 5.92 Å². The molecule has 1 fully saturated rings. The maximum atomic E-state index is 4.55. The topological polar surface area (TPSA) is 46.8 Å². The summed E-state index contributed by atoms with van der Waals surface area (Å²) in [6.07, 6.45) is 4.72. The van der Waals surface area contributed by atoms with E-state index in [1.165, 1.54) is 24.0 Å². The molecule has 1 aliphatic carbocycles. The van der Waals surface area contributed by atoms with Crippen molar-refractivity contribution in [1.29, 1.82) is 0 Å². The molecule has 25 heavy (non-hydrogen) atoms. The van der Waals surface area contributed by atoms with Crippen molar-refractivity contribution in [2.45, 2.75) is 65.8 Å². The van der Waals surface area contributed by atoms with Crippen LogP contribution in [0.4, 0.5) is 0 Å². The van der Waals surface area contributed by atoms with Crippen molar-refractivity contribution >= 4 is 0 Å². The molecule has 1 aliphatic rings. The molecule has 136 valence electrons. The van der Waals surface area contributed by atoms with Crippen molar-refractivity contribution in [3.63, 3.8) is 0 Å². The zero-order chi connectivity index (χ0) is 18.0. The highest BCUT2D eigenvalue weighted by molar-refractivity contribution is 5.42. The summed E-state index contributed by atoms with van der Waals surface area (Å²) in [6.45, 7) is 13.1. The molecule has 0 radical (unpaired) electrons. The highest BCUT2D eigenvalue weighted by Crippen LogP contribution is 2.43. The van der Waals surface area contributed by atoms with Gasteiger partial charge in [-0.2, -0.15) is 4.68 Å². The van der Waals surface area contributed by atoms with Gasteiger partial charge in [-0.05, 0) is 80.6 Å². The Morgan fingerprint density at radius 2 is 1.84 bits per heavy atom. The predicted molar refractivity (Wildman–Crippen MR) is 101 cm³/mol. The predicted octanol–water partition coefficient (Wildman–Crippen LogP) is 4.03. The molecule has 0 amide bonds. The smallest absolute Gasteiger partial charge is 0.176 e. The van der Waals surface area contributed by atoms with Crippen LogP contribution in [0.15, 0.2) is 18.2 Å². The van der Waals surface area contributed by atoms with Crippen LogP contribution in [0.3, 0.4) is 0 Å². The summed E-state index contributed by atoms with van der Waals surface area (Å²) in [5.41, 5.74) is 3.51. The number of hydrogen-bond acceptors (Lipinski definition) is 4. The van der Waals surface area contributed by atoms with Crippen LogP contribution in [0, 0.1) is 19.8 Å². The SMILES string of the molecule is CCN(CC)C1(c2nnnn2-c2ccc(C)cc2C)CCC(C)CC1. The van der Waals surface area contributed by atoms with E-state index in [1.54, 1.807) is 0 Å². The summed E-state index contributed by atoms with van der Waals surface area (Å²) in [7, 11) is 0. The highest BCUT2D eigenvalue weighted by atomic mass is 15.6. The van der Waals surface area contributed by atoms with E-state index in [0.29, 0.717) is 0 Å². The molecule has 3 rings (SSSR count). The van der Waals surface area contributed by atoms with Gasteiger partial charge in [0, 0.05) is 0 Å². The Labute approximate surface area is 151 Å². The third-order valence-electron chi connectivity index (χ3n) is 5.94. The largest absolute Gasteiger partial charge is 0.291 e. The van der Waals surface area contributed by atoms with Crippen molar-refractivity contribution < 1.29 is 0 Å². The Bertz CT molecular complexity index is 709. The fourth-order valence-corrected chi connectivity index (χ4v) is 4.43. The van der Waals surface area contributed by atoms with Crippen molar-refractivity contribution in [2.75, 3.05) is 13.1 Å². The van der Waals surface area contributed by atoms with Crippen molar-refractivity contribution in [3.8, 4) is 5.69 Å². The summed E-state index contributed by atoms with van der Waals surface area (Å²) >= 11 is 0. The van der Waals surface area contributed by atoms with Crippen LogP contribution in [-0.2, 0) is 5.54 Å². The van der Waals surface area contributed by atoms with Gasteiger partial charge < -0.3 is 0 Å². The van der Waals surface area contributed by atoms with Crippen molar-refractivity contribution in [1.82, 2.24) is 25.1 Å². The van der Waals surface area contributed by atoms with Crippen LogP contribution in [0.5, 0.6) is 0 Å². The number of hydrogen-bond donors (Lipinski definition) is 0. The first-order valence-corrected chi connectivity index (χ1v) is 9.63. The van der Waals surface area contributed by atoms with Crippen LogP contribution in [0.1, 0.15) is 63.4 Å². The van der Waals surface area contributed by atoms with Gasteiger partial charge in [0.25, 0.3) is 0 Å². The minimum atomic E-state index is -0.0587. The van der Waals surface area contributed by atoms with Gasteiger partial charge in [0.05, 0.1) is 11.2 Å². The number of aryl methyl sites for hydroxylation is 2. The normalized spacial score (nSPS) is 24.0. The molecule has 1 saturated carbocycles. The molecule has 0 bridgehead atoms. The molecular formula is C20H31N5. The third kappa shape index (κ3) is 3.22. The standard InChI is InChI=1S/C20H31N5/c1-6-24(7-2)20(12-10-15(3)11-13-20)19-21-22-23-25(19)18-9-8-16(4)14-17(18)5/h8-9,14-15H,6-7,10-13H2,1-5H3. The van der Waals surface area contributed by atoms with Gasteiger partial charge in [-0.15, -0.1) is 5.10 Å². The van der Waals surface area contributed by atoms with Gasteiger partial charge in [0.2, 0.25) is 0 Å². The van der Waals surface area contributed by atoms with Crippen LogP contribution < -0.4 is 0 Å². The Kier molecular flexibility index (Phi) is 5.23.